The second-order valence-corrected chi connectivity index (χ2v) is 11.1. The zero-order valence-corrected chi connectivity index (χ0v) is 22.2. The molecule has 38 heavy (non-hydrogen) atoms. The summed E-state index contributed by atoms with van der Waals surface area (Å²) in [7, 11) is 3.12. The van der Waals surface area contributed by atoms with E-state index in [1.165, 1.54) is 30.4 Å². The molecule has 0 bridgehead atoms. The third-order valence-corrected chi connectivity index (χ3v) is 9.04. The van der Waals surface area contributed by atoms with Gasteiger partial charge in [0.2, 0.25) is 11.9 Å². The van der Waals surface area contributed by atoms with E-state index >= 15 is 0 Å². The molecule has 1 atom stereocenters. The summed E-state index contributed by atoms with van der Waals surface area (Å²) in [6.45, 7) is 1.34. The summed E-state index contributed by atoms with van der Waals surface area (Å²) in [5.74, 6) is 2.39. The van der Waals surface area contributed by atoms with E-state index in [0.29, 0.717) is 47.4 Å². The van der Waals surface area contributed by atoms with E-state index in [9.17, 15) is 9.59 Å². The maximum Gasteiger partial charge on any atom is 0.260 e. The lowest BCUT2D eigenvalue weighted by atomic mass is 9.66. The second-order valence-electron chi connectivity index (χ2n) is 11.1. The van der Waals surface area contributed by atoms with Gasteiger partial charge < -0.3 is 19.7 Å². The summed E-state index contributed by atoms with van der Waals surface area (Å²) in [6.07, 6.45) is 8.12. The van der Waals surface area contributed by atoms with Gasteiger partial charge in [0.25, 0.3) is 5.56 Å². The summed E-state index contributed by atoms with van der Waals surface area (Å²) < 4.78 is 10.8. The van der Waals surface area contributed by atoms with Gasteiger partial charge in [0.15, 0.2) is 11.5 Å². The number of fused-ring (bicyclic) bond motifs is 2. The summed E-state index contributed by atoms with van der Waals surface area (Å²) in [6, 6.07) is 12.0. The Kier molecular flexibility index (Phi) is 6.50. The number of anilines is 1. The molecule has 2 aliphatic carbocycles. The maximum absolute atomic E-state index is 13.9. The molecule has 1 aliphatic heterocycles. The first-order valence-electron chi connectivity index (χ1n) is 13.8. The van der Waals surface area contributed by atoms with Crippen molar-refractivity contribution >= 4 is 22.8 Å². The first-order valence-corrected chi connectivity index (χ1v) is 13.8. The van der Waals surface area contributed by atoms with Gasteiger partial charge in [-0.1, -0.05) is 43.5 Å². The average Bonchev–Trinajstić information content (AvgIpc) is 3.33. The highest BCUT2D eigenvalue weighted by molar-refractivity contribution is 5.84. The fourth-order valence-corrected chi connectivity index (χ4v) is 6.54. The number of rotatable bonds is 7. The molecule has 6 rings (SSSR count). The topological polar surface area (TPSA) is 96.5 Å². The van der Waals surface area contributed by atoms with Crippen LogP contribution in [0.4, 0.5) is 5.95 Å². The highest BCUT2D eigenvalue weighted by Crippen LogP contribution is 2.45. The highest BCUT2D eigenvalue weighted by Gasteiger charge is 2.45. The quantitative estimate of drug-likeness (QED) is 0.479. The van der Waals surface area contributed by atoms with E-state index in [1.807, 2.05) is 0 Å². The van der Waals surface area contributed by atoms with Gasteiger partial charge in [-0.3, -0.25) is 14.6 Å². The van der Waals surface area contributed by atoms with Crippen molar-refractivity contribution in [1.82, 2.24) is 15.3 Å². The first-order chi connectivity index (χ1) is 18.5. The van der Waals surface area contributed by atoms with Crippen LogP contribution in [0.15, 0.2) is 41.2 Å². The van der Waals surface area contributed by atoms with Crippen molar-refractivity contribution in [2.45, 2.75) is 57.4 Å². The van der Waals surface area contributed by atoms with Gasteiger partial charge in [-0.15, -0.1) is 0 Å². The van der Waals surface area contributed by atoms with Crippen LogP contribution >= 0.6 is 0 Å². The Bertz CT molecular complexity index is 1410. The summed E-state index contributed by atoms with van der Waals surface area (Å²) >= 11 is 0. The molecule has 1 aromatic heterocycles. The molecular formula is C30H36N4O4. The highest BCUT2D eigenvalue weighted by atomic mass is 16.5. The Morgan fingerprint density at radius 2 is 1.84 bits per heavy atom. The molecule has 2 aromatic carbocycles. The maximum atomic E-state index is 13.9. The molecule has 1 saturated carbocycles. The van der Waals surface area contributed by atoms with Gasteiger partial charge in [-0.05, 0) is 55.2 Å². The number of hydrogen-bond acceptors (Lipinski definition) is 6. The van der Waals surface area contributed by atoms with Crippen LogP contribution in [0.5, 0.6) is 11.5 Å². The normalized spacial score (nSPS) is 20.6. The Balaban J connectivity index is 1.23. The Labute approximate surface area is 222 Å². The lowest BCUT2D eigenvalue weighted by Crippen LogP contribution is -2.51. The molecule has 0 radical (unpaired) electrons. The van der Waals surface area contributed by atoms with Crippen LogP contribution in [-0.4, -0.2) is 43.2 Å². The molecule has 0 spiro atoms. The van der Waals surface area contributed by atoms with Crippen LogP contribution in [0, 0.1) is 11.3 Å². The van der Waals surface area contributed by atoms with Crippen molar-refractivity contribution < 1.29 is 14.3 Å². The Morgan fingerprint density at radius 3 is 2.55 bits per heavy atom. The fourth-order valence-electron chi connectivity index (χ4n) is 6.54. The number of carbonyl (C=O) groups is 1. The molecule has 3 aliphatic rings. The zero-order valence-electron chi connectivity index (χ0n) is 22.2. The van der Waals surface area contributed by atoms with Crippen molar-refractivity contribution in [2.24, 2.45) is 11.3 Å². The van der Waals surface area contributed by atoms with Crippen LogP contribution in [-0.2, 0) is 11.2 Å². The second kappa shape index (κ2) is 9.97. The summed E-state index contributed by atoms with van der Waals surface area (Å²) in [4.78, 5) is 36.7. The number of carbonyl (C=O) groups excluding carboxylic acids is 1. The van der Waals surface area contributed by atoms with Crippen LogP contribution in [0.2, 0.25) is 0 Å². The third-order valence-electron chi connectivity index (χ3n) is 9.04. The minimum atomic E-state index is -0.382. The number of nitrogens with one attached hydrogen (secondary N) is 2. The van der Waals surface area contributed by atoms with E-state index in [4.69, 9.17) is 14.5 Å². The van der Waals surface area contributed by atoms with E-state index < -0.39 is 0 Å². The van der Waals surface area contributed by atoms with Gasteiger partial charge in [-0.2, -0.15) is 0 Å². The van der Waals surface area contributed by atoms with E-state index in [0.717, 1.165) is 32.1 Å². The van der Waals surface area contributed by atoms with E-state index in [2.05, 4.69) is 39.5 Å². The first kappa shape index (κ1) is 24.8. The summed E-state index contributed by atoms with van der Waals surface area (Å²) in [5, 5.41) is 3.91. The van der Waals surface area contributed by atoms with Crippen molar-refractivity contribution in [3.63, 3.8) is 0 Å². The molecule has 8 nitrogen and oxygen atoms in total. The van der Waals surface area contributed by atoms with Crippen molar-refractivity contribution in [1.29, 1.82) is 0 Å². The number of methoxy groups -OCH3 is 2. The lowest BCUT2D eigenvalue weighted by Gasteiger charge is -2.44. The number of aromatic amines is 1. The van der Waals surface area contributed by atoms with Gasteiger partial charge in [0, 0.05) is 19.2 Å². The number of nitrogens with zero attached hydrogens (tertiary/aromatic N) is 2. The van der Waals surface area contributed by atoms with Crippen molar-refractivity contribution in [2.75, 3.05) is 32.2 Å². The summed E-state index contributed by atoms with van der Waals surface area (Å²) in [5.41, 5.74) is 2.58. The number of amides is 1. The number of piperidine rings is 1. The van der Waals surface area contributed by atoms with E-state index in [-0.39, 0.29) is 22.9 Å². The number of benzene rings is 2. The standard InChI is InChI=1S/C30H36N4O4/c1-37-25-16-22-24(17-26(25)38-2)32-29(33-27(22)35)34-14-12-30(13-15-34,18-19-6-5-7-19)28(36)31-23-11-10-20-8-3-4-9-21(20)23/h3-4,8-9,16-17,19,23H,5-7,10-15,18H2,1-2H3,(H,31,36)(H,32,33,35). The molecular weight excluding hydrogens is 480 g/mol. The molecule has 2 fully saturated rings. The van der Waals surface area contributed by atoms with Crippen molar-refractivity contribution in [3.8, 4) is 11.5 Å². The molecule has 1 unspecified atom stereocenters. The lowest BCUT2D eigenvalue weighted by molar-refractivity contribution is -0.135. The minimum absolute atomic E-state index is 0.0977. The number of aryl methyl sites for hydroxylation is 1. The SMILES string of the molecule is COc1cc2nc(N3CCC(CC4CCC4)(C(=O)NC4CCc5ccccc54)CC3)[nH]c(=O)c2cc1OC. The monoisotopic (exact) mass is 516 g/mol. The fraction of sp³-hybridized carbons (Fsp3) is 0.500. The van der Waals surface area contributed by atoms with Gasteiger partial charge >= 0.3 is 0 Å². The molecule has 200 valence electrons. The van der Waals surface area contributed by atoms with Gasteiger partial charge in [0.1, 0.15) is 0 Å². The molecule has 1 saturated heterocycles. The third kappa shape index (κ3) is 4.40. The number of aromatic nitrogens is 2. The van der Waals surface area contributed by atoms with Gasteiger partial charge in [0.05, 0.1) is 36.6 Å². The molecule has 2 heterocycles. The Morgan fingerprint density at radius 1 is 1.11 bits per heavy atom. The Hall–Kier alpha value is -3.55. The smallest absolute Gasteiger partial charge is 0.260 e. The van der Waals surface area contributed by atoms with Crippen LogP contribution < -0.4 is 25.2 Å². The number of H-pyrrole nitrogens is 1. The van der Waals surface area contributed by atoms with Crippen LogP contribution in [0.3, 0.4) is 0 Å². The minimum Gasteiger partial charge on any atom is -0.493 e. The van der Waals surface area contributed by atoms with Crippen LogP contribution in [0.25, 0.3) is 10.9 Å². The number of ether oxygens (including phenoxy) is 2. The average molecular weight is 517 g/mol. The van der Waals surface area contributed by atoms with Gasteiger partial charge in [-0.25, -0.2) is 4.98 Å². The number of hydrogen-bond donors (Lipinski definition) is 2. The predicted octanol–water partition coefficient (Wildman–Crippen LogP) is 4.52. The largest absolute Gasteiger partial charge is 0.493 e. The molecule has 1 amide bonds. The van der Waals surface area contributed by atoms with E-state index in [1.54, 1.807) is 26.4 Å². The van der Waals surface area contributed by atoms with Crippen LogP contribution in [0.1, 0.15) is 62.1 Å². The zero-order chi connectivity index (χ0) is 26.3. The van der Waals surface area contributed by atoms with Crippen molar-refractivity contribution in [3.05, 3.63) is 57.9 Å². The predicted molar refractivity (Wildman–Crippen MR) is 147 cm³/mol. The molecule has 8 heteroatoms. The molecule has 3 aromatic rings. The molecule has 2 N–H and O–H groups in total.